The highest BCUT2D eigenvalue weighted by atomic mass is 35.5. The topological polar surface area (TPSA) is 69.4 Å². The van der Waals surface area contributed by atoms with E-state index >= 15 is 0 Å². The second kappa shape index (κ2) is 13.7. The number of aliphatic hydroxyl groups excluding tert-OH is 1. The number of aliphatic hydroxyl groups is 1. The van der Waals surface area contributed by atoms with Crippen LogP contribution in [0.25, 0.3) is 0 Å². The van der Waals surface area contributed by atoms with Gasteiger partial charge in [-0.15, -0.1) is 0 Å². The Morgan fingerprint density at radius 2 is 1.86 bits per heavy atom. The van der Waals surface area contributed by atoms with E-state index in [9.17, 15) is 9.90 Å². The Hall–Kier alpha value is -1.50. The van der Waals surface area contributed by atoms with E-state index in [2.05, 4.69) is 6.92 Å². The van der Waals surface area contributed by atoms with Gasteiger partial charge in [0.05, 0.1) is 33.7 Å². The quantitative estimate of drug-likeness (QED) is 0.441. The van der Waals surface area contributed by atoms with E-state index in [4.69, 9.17) is 14.2 Å². The third kappa shape index (κ3) is 8.03. The molecule has 7 heteroatoms. The van der Waals surface area contributed by atoms with Crippen molar-refractivity contribution in [2.45, 2.75) is 51.6 Å². The molecule has 2 N–H and O–H groups in total. The molecule has 1 aliphatic rings. The number of likely N-dealkylation sites (N-methyl/N-ethyl adjacent to an activating group) is 1. The summed E-state index contributed by atoms with van der Waals surface area (Å²) in [4.78, 5) is 13.6. The Balaban J connectivity index is 0.00000420. The van der Waals surface area contributed by atoms with Gasteiger partial charge in [-0.05, 0) is 31.9 Å². The number of rotatable bonds is 12. The molecule has 1 fully saturated rings. The van der Waals surface area contributed by atoms with Crippen molar-refractivity contribution in [3.8, 4) is 17.2 Å². The van der Waals surface area contributed by atoms with Crippen molar-refractivity contribution < 1.29 is 41.4 Å². The zero-order valence-electron chi connectivity index (χ0n) is 17.9. The number of quaternary nitrogens is 1. The third-order valence-electron chi connectivity index (χ3n) is 5.61. The molecule has 166 valence electrons. The molecule has 0 bridgehead atoms. The van der Waals surface area contributed by atoms with E-state index in [0.29, 0.717) is 36.0 Å². The molecule has 1 aromatic carbocycles. The van der Waals surface area contributed by atoms with Crippen LogP contribution < -0.4 is 31.5 Å². The smallest absolute Gasteiger partial charge is 0.203 e. The van der Waals surface area contributed by atoms with Gasteiger partial charge >= 0.3 is 0 Å². The molecule has 0 heterocycles. The molecule has 0 saturated heterocycles. The van der Waals surface area contributed by atoms with Crippen LogP contribution in [0.1, 0.15) is 45.4 Å². The zero-order chi connectivity index (χ0) is 20.4. The van der Waals surface area contributed by atoms with E-state index in [1.165, 1.54) is 24.2 Å². The highest BCUT2D eigenvalue weighted by Crippen LogP contribution is 2.36. The van der Waals surface area contributed by atoms with Crippen LogP contribution in [-0.4, -0.2) is 57.5 Å². The maximum absolute atomic E-state index is 12.4. The molecule has 0 radical (unpaired) electrons. The minimum Gasteiger partial charge on any atom is -1.00 e. The Bertz CT molecular complexity index is 607. The van der Waals surface area contributed by atoms with E-state index < -0.39 is 6.10 Å². The molecule has 1 aliphatic carbocycles. The summed E-state index contributed by atoms with van der Waals surface area (Å²) >= 11 is 0. The van der Waals surface area contributed by atoms with Crippen molar-refractivity contribution in [3.63, 3.8) is 0 Å². The van der Waals surface area contributed by atoms with Gasteiger partial charge < -0.3 is 36.6 Å². The van der Waals surface area contributed by atoms with E-state index in [0.717, 1.165) is 25.9 Å². The lowest BCUT2D eigenvalue weighted by atomic mass is 9.85. The van der Waals surface area contributed by atoms with Crippen LogP contribution in [-0.2, 0) is 4.79 Å². The van der Waals surface area contributed by atoms with Crippen LogP contribution in [0.4, 0.5) is 0 Å². The molecule has 2 atom stereocenters. The van der Waals surface area contributed by atoms with Gasteiger partial charge in [0.15, 0.2) is 11.5 Å². The maximum Gasteiger partial charge on any atom is 0.203 e. The highest BCUT2D eigenvalue weighted by Gasteiger charge is 2.23. The summed E-state index contributed by atoms with van der Waals surface area (Å²) < 4.78 is 16.4. The Kier molecular flexibility index (Phi) is 12.0. The predicted molar refractivity (Wildman–Crippen MR) is 108 cm³/mol. The number of ether oxygens (including phenoxy) is 3. The first-order valence-corrected chi connectivity index (χ1v) is 10.5. The maximum atomic E-state index is 12.4. The summed E-state index contributed by atoms with van der Waals surface area (Å²) in [5.41, 5.74) is 0. The van der Waals surface area contributed by atoms with Crippen molar-refractivity contribution in [2.75, 3.05) is 40.5 Å². The number of nitrogens with one attached hydrogen (secondary N) is 1. The SMILES string of the molecule is CC[NH+](CCC(=O)C1CCCCC1)CC(O)COc1cccc(OC)c1OC.[Cl-]. The van der Waals surface area contributed by atoms with Crippen molar-refractivity contribution in [3.05, 3.63) is 18.2 Å². The van der Waals surface area contributed by atoms with Gasteiger partial charge in [0, 0.05) is 5.92 Å². The van der Waals surface area contributed by atoms with Crippen molar-refractivity contribution in [1.82, 2.24) is 0 Å². The minimum atomic E-state index is -0.615. The number of carbonyl (C=O) groups excluding carboxylic acids is 1. The number of carbonyl (C=O) groups is 1. The Morgan fingerprint density at radius 1 is 1.17 bits per heavy atom. The number of benzene rings is 1. The molecule has 2 unspecified atom stereocenters. The molecule has 2 rings (SSSR count). The Morgan fingerprint density at radius 3 is 2.48 bits per heavy atom. The summed E-state index contributed by atoms with van der Waals surface area (Å²) in [5, 5.41) is 10.4. The molecule has 0 aromatic heterocycles. The van der Waals surface area contributed by atoms with E-state index in [1.807, 2.05) is 6.07 Å². The first-order chi connectivity index (χ1) is 13.6. The van der Waals surface area contributed by atoms with Crippen LogP contribution in [0.15, 0.2) is 18.2 Å². The van der Waals surface area contributed by atoms with Gasteiger partial charge in [0.25, 0.3) is 0 Å². The van der Waals surface area contributed by atoms with Gasteiger partial charge in [-0.3, -0.25) is 4.79 Å². The summed E-state index contributed by atoms with van der Waals surface area (Å²) in [6, 6.07) is 5.42. The zero-order valence-corrected chi connectivity index (χ0v) is 18.7. The monoisotopic (exact) mass is 429 g/mol. The molecular formula is C22H36ClNO5. The number of methoxy groups -OCH3 is 2. The normalized spacial score (nSPS) is 16.4. The standard InChI is InChI=1S/C22H35NO5.ClH/c1-4-23(14-13-19(25)17-9-6-5-7-10-17)15-18(24)16-28-21-12-8-11-20(26-2)22(21)27-3;/h8,11-12,17-18,24H,4-7,9-10,13-16H2,1-3H3;1H. The largest absolute Gasteiger partial charge is 1.00 e. The van der Waals surface area contributed by atoms with E-state index in [1.54, 1.807) is 26.4 Å². The summed E-state index contributed by atoms with van der Waals surface area (Å²) in [6.45, 7) is 4.45. The second-order valence-corrected chi connectivity index (χ2v) is 7.57. The lowest BCUT2D eigenvalue weighted by Gasteiger charge is -2.23. The average Bonchev–Trinajstić information content (AvgIpc) is 2.74. The summed E-state index contributed by atoms with van der Waals surface area (Å²) in [7, 11) is 3.14. The molecule has 0 spiro atoms. The minimum absolute atomic E-state index is 0. The molecule has 6 nitrogen and oxygen atoms in total. The van der Waals surface area contributed by atoms with Gasteiger partial charge in [-0.1, -0.05) is 25.3 Å². The molecular weight excluding hydrogens is 394 g/mol. The number of ketones is 1. The molecule has 1 aromatic rings. The fourth-order valence-corrected chi connectivity index (χ4v) is 3.90. The van der Waals surface area contributed by atoms with Crippen molar-refractivity contribution in [1.29, 1.82) is 0 Å². The number of hydrogen-bond acceptors (Lipinski definition) is 5. The first kappa shape index (κ1) is 25.5. The number of halogens is 1. The molecule has 0 aliphatic heterocycles. The number of Topliss-reactive ketones (excluding diaryl/α,β-unsaturated/α-hetero) is 1. The molecule has 1 saturated carbocycles. The second-order valence-electron chi connectivity index (χ2n) is 7.57. The summed E-state index contributed by atoms with van der Waals surface area (Å²) in [6.07, 6.45) is 5.73. The van der Waals surface area contributed by atoms with Crippen LogP contribution in [0.3, 0.4) is 0 Å². The van der Waals surface area contributed by atoms with Gasteiger partial charge in [0.1, 0.15) is 25.0 Å². The fraction of sp³-hybridized carbons (Fsp3) is 0.682. The first-order valence-electron chi connectivity index (χ1n) is 10.5. The number of hydrogen-bond donors (Lipinski definition) is 2. The molecule has 0 amide bonds. The Labute approximate surface area is 180 Å². The third-order valence-corrected chi connectivity index (χ3v) is 5.61. The lowest BCUT2D eigenvalue weighted by Crippen LogP contribution is -3.13. The van der Waals surface area contributed by atoms with Crippen LogP contribution >= 0.6 is 0 Å². The van der Waals surface area contributed by atoms with Crippen LogP contribution in [0, 0.1) is 5.92 Å². The van der Waals surface area contributed by atoms with Crippen molar-refractivity contribution in [2.24, 2.45) is 5.92 Å². The summed E-state index contributed by atoms with van der Waals surface area (Å²) in [5.74, 6) is 2.33. The van der Waals surface area contributed by atoms with Crippen LogP contribution in [0.2, 0.25) is 0 Å². The molecule has 29 heavy (non-hydrogen) atoms. The lowest BCUT2D eigenvalue weighted by molar-refractivity contribution is -0.900. The van der Waals surface area contributed by atoms with Crippen molar-refractivity contribution >= 4 is 5.78 Å². The van der Waals surface area contributed by atoms with Gasteiger partial charge in [-0.2, -0.15) is 0 Å². The average molecular weight is 430 g/mol. The van der Waals surface area contributed by atoms with Gasteiger partial charge in [-0.25, -0.2) is 0 Å². The van der Waals surface area contributed by atoms with Crippen LogP contribution in [0.5, 0.6) is 17.2 Å². The number of para-hydroxylation sites is 1. The van der Waals surface area contributed by atoms with Gasteiger partial charge in [0.2, 0.25) is 5.75 Å². The van der Waals surface area contributed by atoms with E-state index in [-0.39, 0.29) is 24.9 Å². The highest BCUT2D eigenvalue weighted by molar-refractivity contribution is 5.81. The fourth-order valence-electron chi connectivity index (χ4n) is 3.90. The predicted octanol–water partition coefficient (Wildman–Crippen LogP) is -1.11.